The van der Waals surface area contributed by atoms with Crippen molar-refractivity contribution >= 4 is 32.9 Å². The van der Waals surface area contributed by atoms with E-state index in [4.69, 9.17) is 9.47 Å². The smallest absolute Gasteiger partial charge is 0.225 e. The van der Waals surface area contributed by atoms with Gasteiger partial charge in [-0.15, -0.1) is 0 Å². The number of ether oxygens (including phenoxy) is 2. The van der Waals surface area contributed by atoms with Gasteiger partial charge >= 0.3 is 0 Å². The SMILES string of the molecule is CCOc1cc(Br)c(CC(=O)NC(C)c2nc3ccccc3[nH]2)cc1OCC. The number of nitrogens with zero attached hydrogens (tertiary/aromatic N) is 1. The molecule has 148 valence electrons. The zero-order valence-corrected chi connectivity index (χ0v) is 17.8. The average molecular weight is 446 g/mol. The molecule has 0 fully saturated rings. The summed E-state index contributed by atoms with van der Waals surface area (Å²) in [6, 6.07) is 11.3. The fourth-order valence-corrected chi connectivity index (χ4v) is 3.42. The maximum Gasteiger partial charge on any atom is 0.225 e. The molecule has 2 aromatic carbocycles. The number of hydrogen-bond donors (Lipinski definition) is 2. The Hall–Kier alpha value is -2.54. The molecule has 0 radical (unpaired) electrons. The number of hydrogen-bond acceptors (Lipinski definition) is 4. The van der Waals surface area contributed by atoms with Gasteiger partial charge in [-0.05, 0) is 50.6 Å². The number of aromatic nitrogens is 2. The largest absolute Gasteiger partial charge is 0.490 e. The lowest BCUT2D eigenvalue weighted by atomic mass is 10.1. The second-order valence-electron chi connectivity index (χ2n) is 6.36. The first-order valence-electron chi connectivity index (χ1n) is 9.33. The molecule has 2 N–H and O–H groups in total. The maximum atomic E-state index is 12.6. The lowest BCUT2D eigenvalue weighted by Gasteiger charge is -2.15. The second kappa shape index (κ2) is 9.10. The Morgan fingerprint density at radius 2 is 1.86 bits per heavy atom. The first kappa shape index (κ1) is 20.2. The zero-order chi connectivity index (χ0) is 20.1. The van der Waals surface area contributed by atoms with Gasteiger partial charge in [-0.25, -0.2) is 4.98 Å². The van der Waals surface area contributed by atoms with Crippen LogP contribution in [0.1, 0.15) is 38.2 Å². The molecule has 1 heterocycles. The van der Waals surface area contributed by atoms with Gasteiger partial charge < -0.3 is 19.8 Å². The number of rotatable bonds is 8. The third-order valence-electron chi connectivity index (χ3n) is 4.26. The molecule has 6 nitrogen and oxygen atoms in total. The summed E-state index contributed by atoms with van der Waals surface area (Å²) in [7, 11) is 0. The Kier molecular flexibility index (Phi) is 6.57. The molecule has 1 atom stereocenters. The van der Waals surface area contributed by atoms with E-state index in [0.717, 1.165) is 26.9 Å². The highest BCUT2D eigenvalue weighted by Crippen LogP contribution is 2.34. The van der Waals surface area contributed by atoms with E-state index >= 15 is 0 Å². The van der Waals surface area contributed by atoms with Crippen LogP contribution in [0.3, 0.4) is 0 Å². The van der Waals surface area contributed by atoms with Gasteiger partial charge in [0.2, 0.25) is 5.91 Å². The number of para-hydroxylation sites is 2. The molecule has 0 aliphatic heterocycles. The van der Waals surface area contributed by atoms with Crippen LogP contribution in [0, 0.1) is 0 Å². The Labute approximate surface area is 172 Å². The number of imidazole rings is 1. The Bertz CT molecular complexity index is 938. The van der Waals surface area contributed by atoms with Crippen LogP contribution in [-0.4, -0.2) is 29.1 Å². The number of H-pyrrole nitrogens is 1. The van der Waals surface area contributed by atoms with Crippen molar-refractivity contribution in [2.24, 2.45) is 0 Å². The molecule has 0 bridgehead atoms. The minimum Gasteiger partial charge on any atom is -0.490 e. The van der Waals surface area contributed by atoms with E-state index in [2.05, 4.69) is 31.2 Å². The maximum absolute atomic E-state index is 12.6. The van der Waals surface area contributed by atoms with E-state index in [0.29, 0.717) is 24.7 Å². The third-order valence-corrected chi connectivity index (χ3v) is 5.00. The summed E-state index contributed by atoms with van der Waals surface area (Å²) in [5.41, 5.74) is 2.67. The van der Waals surface area contributed by atoms with Gasteiger partial charge in [-0.1, -0.05) is 28.1 Å². The zero-order valence-electron chi connectivity index (χ0n) is 16.2. The summed E-state index contributed by atoms with van der Waals surface area (Å²) in [4.78, 5) is 20.4. The highest BCUT2D eigenvalue weighted by molar-refractivity contribution is 9.10. The monoisotopic (exact) mass is 445 g/mol. The van der Waals surface area contributed by atoms with Crippen LogP contribution in [0.15, 0.2) is 40.9 Å². The van der Waals surface area contributed by atoms with Gasteiger partial charge in [0.25, 0.3) is 0 Å². The summed E-state index contributed by atoms with van der Waals surface area (Å²) in [5, 5.41) is 3.00. The molecule has 3 rings (SSSR count). The molecule has 0 saturated carbocycles. The minimum atomic E-state index is -0.229. The number of aromatic amines is 1. The molecule has 0 aliphatic carbocycles. The van der Waals surface area contributed by atoms with Crippen molar-refractivity contribution in [3.8, 4) is 11.5 Å². The molecular weight excluding hydrogens is 422 g/mol. The van der Waals surface area contributed by atoms with E-state index < -0.39 is 0 Å². The minimum absolute atomic E-state index is 0.0970. The number of fused-ring (bicyclic) bond motifs is 1. The van der Waals surface area contributed by atoms with Gasteiger partial charge in [0, 0.05) is 4.47 Å². The normalized spacial score (nSPS) is 12.0. The predicted molar refractivity (Wildman–Crippen MR) is 113 cm³/mol. The molecule has 7 heteroatoms. The van der Waals surface area contributed by atoms with Crippen LogP contribution in [0.4, 0.5) is 0 Å². The van der Waals surface area contributed by atoms with Crippen LogP contribution in [0.5, 0.6) is 11.5 Å². The van der Waals surface area contributed by atoms with Crippen LogP contribution in [0.2, 0.25) is 0 Å². The Morgan fingerprint density at radius 3 is 2.54 bits per heavy atom. The summed E-state index contributed by atoms with van der Waals surface area (Å²) >= 11 is 3.53. The van der Waals surface area contributed by atoms with Crippen LogP contribution in [-0.2, 0) is 11.2 Å². The third kappa shape index (κ3) is 4.65. The predicted octanol–water partition coefficient (Wildman–Crippen LogP) is 4.54. The van der Waals surface area contributed by atoms with Crippen molar-refractivity contribution in [1.82, 2.24) is 15.3 Å². The van der Waals surface area contributed by atoms with E-state index in [1.165, 1.54) is 0 Å². The highest BCUT2D eigenvalue weighted by atomic mass is 79.9. The van der Waals surface area contributed by atoms with Crippen LogP contribution >= 0.6 is 15.9 Å². The fraction of sp³-hybridized carbons (Fsp3) is 0.333. The molecule has 0 spiro atoms. The number of carbonyl (C=O) groups excluding carboxylic acids is 1. The molecule has 1 aromatic heterocycles. The van der Waals surface area contributed by atoms with Crippen molar-refractivity contribution in [1.29, 1.82) is 0 Å². The average Bonchev–Trinajstić information content (AvgIpc) is 3.10. The number of carbonyl (C=O) groups is 1. The van der Waals surface area contributed by atoms with Crippen LogP contribution < -0.4 is 14.8 Å². The second-order valence-corrected chi connectivity index (χ2v) is 7.22. The van der Waals surface area contributed by atoms with E-state index in [1.54, 1.807) is 0 Å². The summed E-state index contributed by atoms with van der Waals surface area (Å²) in [5.74, 6) is 1.94. The first-order valence-corrected chi connectivity index (χ1v) is 10.1. The molecular formula is C21H24BrN3O3. The topological polar surface area (TPSA) is 76.2 Å². The molecule has 28 heavy (non-hydrogen) atoms. The summed E-state index contributed by atoms with van der Waals surface area (Å²) in [6.07, 6.45) is 0.220. The standard InChI is InChI=1S/C21H24BrN3O3/c1-4-27-18-10-14(15(22)12-19(18)28-5-2)11-20(26)23-13(3)21-24-16-8-6-7-9-17(16)25-21/h6-10,12-13H,4-5,11H2,1-3H3,(H,23,26)(H,24,25). The first-order chi connectivity index (χ1) is 13.5. The number of halogens is 1. The van der Waals surface area contributed by atoms with Gasteiger partial charge in [-0.3, -0.25) is 4.79 Å². The van der Waals surface area contributed by atoms with Crippen molar-refractivity contribution in [2.75, 3.05) is 13.2 Å². The number of benzene rings is 2. The molecule has 0 saturated heterocycles. The molecule has 1 amide bonds. The lowest BCUT2D eigenvalue weighted by Crippen LogP contribution is -2.28. The lowest BCUT2D eigenvalue weighted by molar-refractivity contribution is -0.121. The van der Waals surface area contributed by atoms with E-state index in [-0.39, 0.29) is 18.4 Å². The van der Waals surface area contributed by atoms with E-state index in [1.807, 2.05) is 57.2 Å². The van der Waals surface area contributed by atoms with Crippen molar-refractivity contribution in [2.45, 2.75) is 33.2 Å². The van der Waals surface area contributed by atoms with Crippen molar-refractivity contribution in [3.63, 3.8) is 0 Å². The molecule has 0 aliphatic rings. The summed E-state index contributed by atoms with van der Waals surface area (Å²) in [6.45, 7) is 6.82. The van der Waals surface area contributed by atoms with E-state index in [9.17, 15) is 4.79 Å². The highest BCUT2D eigenvalue weighted by Gasteiger charge is 2.17. The van der Waals surface area contributed by atoms with Gasteiger partial charge in [0.15, 0.2) is 11.5 Å². The molecule has 3 aromatic rings. The van der Waals surface area contributed by atoms with Gasteiger partial charge in [-0.2, -0.15) is 0 Å². The van der Waals surface area contributed by atoms with Crippen LogP contribution in [0.25, 0.3) is 11.0 Å². The molecule has 1 unspecified atom stereocenters. The van der Waals surface area contributed by atoms with Gasteiger partial charge in [0.05, 0.1) is 36.7 Å². The number of amides is 1. The van der Waals surface area contributed by atoms with Crippen molar-refractivity contribution < 1.29 is 14.3 Å². The Morgan fingerprint density at radius 1 is 1.18 bits per heavy atom. The quantitative estimate of drug-likeness (QED) is 0.533. The Balaban J connectivity index is 1.72. The van der Waals surface area contributed by atoms with Gasteiger partial charge in [0.1, 0.15) is 5.82 Å². The fourth-order valence-electron chi connectivity index (χ4n) is 2.96. The number of nitrogens with one attached hydrogen (secondary N) is 2. The summed E-state index contributed by atoms with van der Waals surface area (Å²) < 4.78 is 12.1. The van der Waals surface area contributed by atoms with Crippen molar-refractivity contribution in [3.05, 3.63) is 52.3 Å².